The van der Waals surface area contributed by atoms with E-state index >= 15 is 0 Å². The van der Waals surface area contributed by atoms with Gasteiger partial charge in [0.25, 0.3) is 0 Å². The van der Waals surface area contributed by atoms with Crippen molar-refractivity contribution in [1.29, 1.82) is 0 Å². The summed E-state index contributed by atoms with van der Waals surface area (Å²) in [6.07, 6.45) is 4.72. The second-order valence-corrected chi connectivity index (χ2v) is 5.74. The first-order valence-corrected chi connectivity index (χ1v) is 7.99. The minimum Gasteiger partial charge on any atom is -0.493 e. The van der Waals surface area contributed by atoms with Gasteiger partial charge in [0.1, 0.15) is 19.3 Å². The highest BCUT2D eigenvalue weighted by atomic mass is 79.9. The van der Waals surface area contributed by atoms with Gasteiger partial charge in [-0.1, -0.05) is 30.3 Å². The Labute approximate surface area is 147 Å². The first-order chi connectivity index (χ1) is 11.8. The SMILES string of the molecule is COc1cc(/C=N/n2cnnc2)c(Br)cc1OCc1ccccc1. The number of hydrogen-bond donors (Lipinski definition) is 0. The molecule has 0 atom stereocenters. The average Bonchev–Trinajstić information content (AvgIpc) is 3.13. The van der Waals surface area contributed by atoms with E-state index in [1.54, 1.807) is 13.3 Å². The average molecular weight is 387 g/mol. The van der Waals surface area contributed by atoms with E-state index in [2.05, 4.69) is 31.2 Å². The van der Waals surface area contributed by atoms with Crippen molar-refractivity contribution in [3.63, 3.8) is 0 Å². The van der Waals surface area contributed by atoms with E-state index in [4.69, 9.17) is 9.47 Å². The van der Waals surface area contributed by atoms with Gasteiger partial charge in [0.05, 0.1) is 13.3 Å². The third-order valence-corrected chi connectivity index (χ3v) is 3.94. The molecule has 3 aromatic rings. The standard InChI is InChI=1S/C17H15BrN4O2/c1-23-16-7-14(9-21-22-11-19-20-12-22)15(18)8-17(16)24-10-13-5-3-2-4-6-13/h2-9,11-12H,10H2,1H3/b21-9+. The molecule has 0 saturated carbocycles. The Morgan fingerprint density at radius 1 is 1.12 bits per heavy atom. The zero-order valence-corrected chi connectivity index (χ0v) is 14.5. The van der Waals surface area contributed by atoms with Crippen molar-refractivity contribution in [2.75, 3.05) is 7.11 Å². The predicted molar refractivity (Wildman–Crippen MR) is 94.5 cm³/mol. The summed E-state index contributed by atoms with van der Waals surface area (Å²) < 4.78 is 13.7. The van der Waals surface area contributed by atoms with Crippen LogP contribution >= 0.6 is 15.9 Å². The van der Waals surface area contributed by atoms with Crippen molar-refractivity contribution in [2.24, 2.45) is 5.10 Å². The van der Waals surface area contributed by atoms with Gasteiger partial charge >= 0.3 is 0 Å². The summed E-state index contributed by atoms with van der Waals surface area (Å²) >= 11 is 3.53. The van der Waals surface area contributed by atoms with Crippen LogP contribution in [0.3, 0.4) is 0 Å². The van der Waals surface area contributed by atoms with Gasteiger partial charge in [-0.15, -0.1) is 10.2 Å². The van der Waals surface area contributed by atoms with Crippen molar-refractivity contribution in [1.82, 2.24) is 14.9 Å². The highest BCUT2D eigenvalue weighted by Crippen LogP contribution is 2.33. The summed E-state index contributed by atoms with van der Waals surface area (Å²) in [5.41, 5.74) is 1.95. The first-order valence-electron chi connectivity index (χ1n) is 7.19. The van der Waals surface area contributed by atoms with Crippen LogP contribution in [-0.4, -0.2) is 28.2 Å². The maximum absolute atomic E-state index is 5.88. The number of aromatic nitrogens is 3. The molecule has 0 unspecified atom stereocenters. The molecule has 0 N–H and O–H groups in total. The molecule has 0 radical (unpaired) electrons. The Morgan fingerprint density at radius 2 is 1.88 bits per heavy atom. The highest BCUT2D eigenvalue weighted by molar-refractivity contribution is 9.10. The first kappa shape index (κ1) is 16.2. The molecule has 0 aliphatic carbocycles. The minimum atomic E-state index is 0.470. The molecule has 0 spiro atoms. The van der Waals surface area contributed by atoms with Crippen LogP contribution in [0.15, 0.2) is 64.7 Å². The number of halogens is 1. The lowest BCUT2D eigenvalue weighted by Gasteiger charge is -2.12. The quantitative estimate of drug-likeness (QED) is 0.608. The summed E-state index contributed by atoms with van der Waals surface area (Å²) in [7, 11) is 1.61. The third-order valence-electron chi connectivity index (χ3n) is 3.26. The second kappa shape index (κ2) is 7.74. The molecule has 2 aromatic carbocycles. The fourth-order valence-corrected chi connectivity index (χ4v) is 2.47. The molecule has 24 heavy (non-hydrogen) atoms. The number of rotatable bonds is 6. The zero-order chi connectivity index (χ0) is 16.8. The Hall–Kier alpha value is -2.67. The van der Waals surface area contributed by atoms with Crippen LogP contribution in [0.4, 0.5) is 0 Å². The Balaban J connectivity index is 1.79. The van der Waals surface area contributed by atoms with E-state index in [0.717, 1.165) is 15.6 Å². The molecular weight excluding hydrogens is 372 g/mol. The molecule has 0 saturated heterocycles. The lowest BCUT2D eigenvalue weighted by atomic mass is 10.2. The van der Waals surface area contributed by atoms with Crippen molar-refractivity contribution in [3.05, 3.63) is 70.7 Å². The largest absolute Gasteiger partial charge is 0.493 e. The molecule has 0 amide bonds. The summed E-state index contributed by atoms with van der Waals surface area (Å²) in [6, 6.07) is 13.7. The van der Waals surface area contributed by atoms with Gasteiger partial charge < -0.3 is 9.47 Å². The molecule has 6 nitrogen and oxygen atoms in total. The number of nitrogens with zero attached hydrogens (tertiary/aromatic N) is 4. The van der Waals surface area contributed by atoms with Crippen molar-refractivity contribution in [3.8, 4) is 11.5 Å². The smallest absolute Gasteiger partial charge is 0.162 e. The van der Waals surface area contributed by atoms with Crippen LogP contribution in [0.2, 0.25) is 0 Å². The van der Waals surface area contributed by atoms with Gasteiger partial charge in [-0.2, -0.15) is 5.10 Å². The van der Waals surface area contributed by atoms with Gasteiger partial charge in [-0.25, -0.2) is 4.68 Å². The van der Waals surface area contributed by atoms with Crippen LogP contribution in [0, 0.1) is 0 Å². The molecule has 7 heteroatoms. The maximum atomic E-state index is 5.88. The number of ether oxygens (including phenoxy) is 2. The summed E-state index contributed by atoms with van der Waals surface area (Å²) in [4.78, 5) is 0. The van der Waals surface area contributed by atoms with E-state index in [-0.39, 0.29) is 0 Å². The molecular formula is C17H15BrN4O2. The summed E-state index contributed by atoms with van der Waals surface area (Å²) in [5, 5.41) is 11.6. The highest BCUT2D eigenvalue weighted by Gasteiger charge is 2.10. The van der Waals surface area contributed by atoms with Crippen molar-refractivity contribution < 1.29 is 9.47 Å². The van der Waals surface area contributed by atoms with E-state index in [9.17, 15) is 0 Å². The fourth-order valence-electron chi connectivity index (χ4n) is 2.04. The zero-order valence-electron chi connectivity index (χ0n) is 13.0. The lowest BCUT2D eigenvalue weighted by molar-refractivity contribution is 0.284. The topological polar surface area (TPSA) is 61.5 Å². The molecule has 0 bridgehead atoms. The Bertz CT molecular complexity index is 820. The summed E-state index contributed by atoms with van der Waals surface area (Å²) in [6.45, 7) is 0.470. The number of benzene rings is 2. The van der Waals surface area contributed by atoms with Crippen LogP contribution in [-0.2, 0) is 6.61 Å². The molecule has 3 rings (SSSR count). The van der Waals surface area contributed by atoms with Crippen LogP contribution in [0.1, 0.15) is 11.1 Å². The van der Waals surface area contributed by atoms with Crippen LogP contribution in [0.25, 0.3) is 0 Å². The van der Waals surface area contributed by atoms with Crippen molar-refractivity contribution >= 4 is 22.1 Å². The van der Waals surface area contributed by atoms with Gasteiger partial charge in [-0.3, -0.25) is 0 Å². The normalized spacial score (nSPS) is 10.9. The van der Waals surface area contributed by atoms with Crippen LogP contribution < -0.4 is 9.47 Å². The summed E-state index contributed by atoms with van der Waals surface area (Å²) in [5.74, 6) is 1.30. The molecule has 0 aliphatic heterocycles. The van der Waals surface area contributed by atoms with Gasteiger partial charge in [0, 0.05) is 10.0 Å². The van der Waals surface area contributed by atoms with Gasteiger partial charge in [-0.05, 0) is 33.6 Å². The molecule has 0 fully saturated rings. The third kappa shape index (κ3) is 3.99. The van der Waals surface area contributed by atoms with Gasteiger partial charge in [0.2, 0.25) is 0 Å². The molecule has 122 valence electrons. The fraction of sp³-hybridized carbons (Fsp3) is 0.118. The second-order valence-electron chi connectivity index (χ2n) is 4.89. The van der Waals surface area contributed by atoms with E-state index < -0.39 is 0 Å². The maximum Gasteiger partial charge on any atom is 0.162 e. The number of methoxy groups -OCH3 is 1. The van der Waals surface area contributed by atoms with Crippen molar-refractivity contribution in [2.45, 2.75) is 6.61 Å². The molecule has 1 heterocycles. The molecule has 0 aliphatic rings. The Morgan fingerprint density at radius 3 is 2.58 bits per heavy atom. The minimum absolute atomic E-state index is 0.470. The number of hydrogen-bond acceptors (Lipinski definition) is 5. The lowest BCUT2D eigenvalue weighted by Crippen LogP contribution is -1.99. The molecule has 1 aromatic heterocycles. The monoisotopic (exact) mass is 386 g/mol. The van der Waals surface area contributed by atoms with Gasteiger partial charge in [0.15, 0.2) is 11.5 Å². The van der Waals surface area contributed by atoms with E-state index in [1.165, 1.54) is 17.3 Å². The Kier molecular flexibility index (Phi) is 5.22. The van der Waals surface area contributed by atoms with E-state index in [1.807, 2.05) is 42.5 Å². The van der Waals surface area contributed by atoms with Crippen LogP contribution in [0.5, 0.6) is 11.5 Å². The predicted octanol–water partition coefficient (Wildman–Crippen LogP) is 3.51. The van der Waals surface area contributed by atoms with E-state index in [0.29, 0.717) is 18.1 Å².